The summed E-state index contributed by atoms with van der Waals surface area (Å²) in [6.45, 7) is 2.85. The van der Waals surface area contributed by atoms with Crippen LogP contribution in [0.25, 0.3) is 0 Å². The van der Waals surface area contributed by atoms with Crippen LogP contribution in [0.5, 0.6) is 0 Å². The largest absolute Gasteiger partial charge is 0.394 e. The molecule has 0 bridgehead atoms. The summed E-state index contributed by atoms with van der Waals surface area (Å²) in [5.74, 6) is -0.245. The number of rotatable bonds is 72. The normalized spacial score (nSPS) is 22.1. The monoisotopic (exact) mass is 1390 g/mol. The van der Waals surface area contributed by atoms with Crippen molar-refractivity contribution in [1.82, 2.24) is 5.32 Å². The maximum Gasteiger partial charge on any atom is 0.220 e. The van der Waals surface area contributed by atoms with Crippen LogP contribution in [0.3, 0.4) is 0 Å². The van der Waals surface area contributed by atoms with E-state index >= 15 is 0 Å². The number of ether oxygens (including phenoxy) is 4. The third-order valence-electron chi connectivity index (χ3n) is 20.8. The van der Waals surface area contributed by atoms with Gasteiger partial charge in [-0.2, -0.15) is 0 Å². The minimum Gasteiger partial charge on any atom is -0.394 e. The zero-order valence-corrected chi connectivity index (χ0v) is 63.6. The van der Waals surface area contributed by atoms with E-state index < -0.39 is 86.8 Å². The van der Waals surface area contributed by atoms with Gasteiger partial charge in [-0.1, -0.05) is 384 Å². The van der Waals surface area contributed by atoms with Crippen LogP contribution in [-0.2, 0) is 23.7 Å². The molecule has 0 spiro atoms. The average molecular weight is 1390 g/mol. The molecule has 2 saturated heterocycles. The predicted octanol–water partition coefficient (Wildman–Crippen LogP) is 19.6. The van der Waals surface area contributed by atoms with E-state index in [0.29, 0.717) is 12.8 Å². The molecule has 0 aliphatic carbocycles. The van der Waals surface area contributed by atoms with Crippen molar-refractivity contribution < 1.29 is 64.6 Å². The third kappa shape index (κ3) is 50.6. The number of allylic oxidation sites excluding steroid dienone is 5. The minimum absolute atomic E-state index is 0.245. The summed E-state index contributed by atoms with van der Waals surface area (Å²) < 4.78 is 22.9. The molecule has 12 unspecified atom stereocenters. The predicted molar refractivity (Wildman–Crippen MR) is 406 cm³/mol. The van der Waals surface area contributed by atoms with Gasteiger partial charge in [0.25, 0.3) is 0 Å². The van der Waals surface area contributed by atoms with E-state index in [1.54, 1.807) is 6.08 Å². The molecule has 12 atom stereocenters. The molecule has 578 valence electrons. The van der Waals surface area contributed by atoms with E-state index in [9.17, 15) is 45.6 Å². The van der Waals surface area contributed by atoms with Gasteiger partial charge in [-0.25, -0.2) is 0 Å². The first-order valence-electron chi connectivity index (χ1n) is 42.2. The fraction of sp³-hybridized carbons (Fsp3) is 0.917. The summed E-state index contributed by atoms with van der Waals surface area (Å²) in [5, 5.41) is 87.7. The Labute approximate surface area is 601 Å². The van der Waals surface area contributed by atoms with Gasteiger partial charge in [0.1, 0.15) is 48.8 Å². The van der Waals surface area contributed by atoms with Crippen LogP contribution in [0.1, 0.15) is 399 Å². The van der Waals surface area contributed by atoms with Gasteiger partial charge in [0.15, 0.2) is 12.6 Å². The highest BCUT2D eigenvalue weighted by Gasteiger charge is 2.51. The van der Waals surface area contributed by atoms with Crippen LogP contribution >= 0.6 is 0 Å². The van der Waals surface area contributed by atoms with Crippen LogP contribution < -0.4 is 5.32 Å². The Hall–Kier alpha value is -1.79. The lowest BCUT2D eigenvalue weighted by Crippen LogP contribution is -2.65. The smallest absolute Gasteiger partial charge is 0.220 e. The van der Waals surface area contributed by atoms with E-state index in [4.69, 9.17) is 18.9 Å². The lowest BCUT2D eigenvalue weighted by Gasteiger charge is -2.46. The number of nitrogens with one attached hydrogen (secondary N) is 1. The Kier molecular flexibility index (Phi) is 64.3. The zero-order valence-electron chi connectivity index (χ0n) is 63.6. The molecular weight excluding hydrogens is 1230 g/mol. The van der Waals surface area contributed by atoms with Crippen molar-refractivity contribution in [1.29, 1.82) is 0 Å². The van der Waals surface area contributed by atoms with Gasteiger partial charge in [-0.05, 0) is 44.9 Å². The lowest BCUT2D eigenvalue weighted by molar-refractivity contribution is -0.359. The molecule has 9 N–H and O–H groups in total. The summed E-state index contributed by atoms with van der Waals surface area (Å²) >= 11 is 0. The number of carbonyl (C=O) groups excluding carboxylic acids is 1. The summed E-state index contributed by atoms with van der Waals surface area (Å²) in [6.07, 6.45) is 74.0. The van der Waals surface area contributed by atoms with Crippen molar-refractivity contribution in [3.63, 3.8) is 0 Å². The number of aliphatic hydroxyl groups is 8. The minimum atomic E-state index is -1.79. The average Bonchev–Trinajstić information content (AvgIpc) is 0.794. The zero-order chi connectivity index (χ0) is 70.8. The van der Waals surface area contributed by atoms with E-state index in [1.165, 1.54) is 321 Å². The molecular formula is C84H159NO13. The van der Waals surface area contributed by atoms with Crippen molar-refractivity contribution in [3.8, 4) is 0 Å². The Bertz CT molecular complexity index is 1780. The van der Waals surface area contributed by atoms with E-state index in [2.05, 4.69) is 43.5 Å². The molecule has 98 heavy (non-hydrogen) atoms. The van der Waals surface area contributed by atoms with Gasteiger partial charge >= 0.3 is 0 Å². The van der Waals surface area contributed by atoms with Crippen molar-refractivity contribution in [3.05, 3.63) is 36.5 Å². The maximum absolute atomic E-state index is 13.4. The molecule has 1 amide bonds. The summed E-state index contributed by atoms with van der Waals surface area (Å²) in [7, 11) is 0. The summed E-state index contributed by atoms with van der Waals surface area (Å²) in [5.41, 5.74) is 0. The van der Waals surface area contributed by atoms with Gasteiger partial charge in [0, 0.05) is 6.42 Å². The van der Waals surface area contributed by atoms with Gasteiger partial charge in [-0.3, -0.25) is 4.79 Å². The maximum atomic E-state index is 13.4. The van der Waals surface area contributed by atoms with Crippen LogP contribution in [0.2, 0.25) is 0 Å². The summed E-state index contributed by atoms with van der Waals surface area (Å²) in [4.78, 5) is 13.4. The third-order valence-corrected chi connectivity index (χ3v) is 20.8. The quantitative estimate of drug-likeness (QED) is 0.0204. The van der Waals surface area contributed by atoms with E-state index in [1.807, 2.05) is 6.08 Å². The Morgan fingerprint density at radius 3 is 1.00 bits per heavy atom. The number of carbonyl (C=O) groups is 1. The molecule has 0 radical (unpaired) electrons. The van der Waals surface area contributed by atoms with Crippen LogP contribution in [0.4, 0.5) is 0 Å². The van der Waals surface area contributed by atoms with Gasteiger partial charge in [0.2, 0.25) is 5.91 Å². The molecule has 2 rings (SSSR count). The van der Waals surface area contributed by atoms with Crippen molar-refractivity contribution >= 4 is 5.91 Å². The number of unbranched alkanes of at least 4 members (excludes halogenated alkanes) is 55. The molecule has 14 nitrogen and oxygen atoms in total. The molecule has 0 saturated carbocycles. The van der Waals surface area contributed by atoms with E-state index in [0.717, 1.165) is 44.9 Å². The Balaban J connectivity index is 1.59. The molecule has 2 aliphatic rings. The van der Waals surface area contributed by atoms with Crippen molar-refractivity contribution in [2.75, 3.05) is 19.8 Å². The highest BCUT2D eigenvalue weighted by molar-refractivity contribution is 5.76. The molecule has 2 heterocycles. The fourth-order valence-electron chi connectivity index (χ4n) is 14.2. The van der Waals surface area contributed by atoms with Crippen LogP contribution in [0, 0.1) is 0 Å². The number of amides is 1. The van der Waals surface area contributed by atoms with Crippen LogP contribution in [0.15, 0.2) is 36.5 Å². The lowest BCUT2D eigenvalue weighted by atomic mass is 9.97. The highest BCUT2D eigenvalue weighted by atomic mass is 16.7. The van der Waals surface area contributed by atoms with Crippen molar-refractivity contribution in [2.45, 2.75) is 473 Å². The molecule has 0 aromatic carbocycles. The standard InChI is InChI=1S/C84H159NO13/c1-3-5-7-9-11-13-15-17-19-21-23-25-27-29-31-32-33-34-35-36-37-38-39-40-41-42-44-46-48-50-52-54-56-58-60-62-64-66-68-76(89)85-72(71-95-83-81(94)79(92)82(75(70-87)97-83)98-84-80(93)78(91)77(90)74(69-86)96-84)73(88)67-65-63-61-59-57-55-53-51-49-47-45-43-30-28-26-24-22-20-18-16-14-12-10-8-6-4-2/h49,51,57,59,65,67,72-75,77-84,86-88,90-94H,3-48,50,52-56,58,60-64,66,68-71H2,1-2H3,(H,85,89)/b51-49+,59-57+,67-65+. The Morgan fingerprint density at radius 2 is 0.653 bits per heavy atom. The topological polar surface area (TPSA) is 228 Å². The second-order valence-electron chi connectivity index (χ2n) is 30.0. The van der Waals surface area contributed by atoms with E-state index in [-0.39, 0.29) is 18.9 Å². The summed E-state index contributed by atoms with van der Waals surface area (Å²) in [6, 6.07) is -0.938. The molecule has 2 aliphatic heterocycles. The number of hydrogen-bond acceptors (Lipinski definition) is 13. The first-order valence-corrected chi connectivity index (χ1v) is 42.2. The van der Waals surface area contributed by atoms with Crippen LogP contribution in [-0.4, -0.2) is 140 Å². The van der Waals surface area contributed by atoms with Gasteiger partial charge in [-0.15, -0.1) is 0 Å². The van der Waals surface area contributed by atoms with Gasteiger partial charge in [0.05, 0.1) is 32.0 Å². The number of hydrogen-bond donors (Lipinski definition) is 9. The second-order valence-corrected chi connectivity index (χ2v) is 30.0. The molecule has 2 fully saturated rings. The Morgan fingerprint density at radius 1 is 0.357 bits per heavy atom. The van der Waals surface area contributed by atoms with Gasteiger partial charge < -0.3 is 65.1 Å². The highest BCUT2D eigenvalue weighted by Crippen LogP contribution is 2.30. The fourth-order valence-corrected chi connectivity index (χ4v) is 14.2. The first kappa shape index (κ1) is 92.3. The molecule has 14 heteroatoms. The number of aliphatic hydroxyl groups excluding tert-OH is 8. The van der Waals surface area contributed by atoms with Crippen molar-refractivity contribution in [2.24, 2.45) is 0 Å². The SMILES string of the molecule is CCCCCCCCCCCCCCCCCC/C=C/CC/C=C/CC/C=C/C(O)C(COC1OC(CO)C(OC2OC(CO)C(O)C(O)C2O)C(O)C1O)NC(=O)CCCCCCCCCCCCCCCCCCCCCCCCCCCCCCCCCCCCCCCC. The second kappa shape index (κ2) is 68.3. The molecule has 0 aromatic heterocycles. The molecule has 0 aromatic rings. The first-order chi connectivity index (χ1) is 48.1.